The SMILES string of the molecule is Cc1cccc(NC(=O)c2cnc(NC3CCCCCC3)cn2)c1. The molecule has 2 aromatic rings. The number of amides is 1. The first-order valence-corrected chi connectivity index (χ1v) is 8.67. The second kappa shape index (κ2) is 7.90. The summed E-state index contributed by atoms with van der Waals surface area (Å²) in [5, 5.41) is 6.29. The van der Waals surface area contributed by atoms with Gasteiger partial charge >= 0.3 is 0 Å². The Bertz CT molecular complexity index is 676. The van der Waals surface area contributed by atoms with Crippen LogP contribution in [0.5, 0.6) is 0 Å². The number of aromatic nitrogens is 2. The summed E-state index contributed by atoms with van der Waals surface area (Å²) < 4.78 is 0. The molecule has 1 saturated carbocycles. The Morgan fingerprint density at radius 1 is 1.08 bits per heavy atom. The highest BCUT2D eigenvalue weighted by molar-refractivity contribution is 6.02. The lowest BCUT2D eigenvalue weighted by Gasteiger charge is -2.16. The van der Waals surface area contributed by atoms with E-state index in [0.29, 0.717) is 11.7 Å². The van der Waals surface area contributed by atoms with Crippen LogP contribution in [-0.2, 0) is 0 Å². The molecule has 1 fully saturated rings. The lowest BCUT2D eigenvalue weighted by atomic mass is 10.1. The largest absolute Gasteiger partial charge is 0.366 e. The standard InChI is InChI=1S/C19H24N4O/c1-14-7-6-10-16(11-14)23-19(24)17-12-21-18(13-20-17)22-15-8-4-2-3-5-9-15/h6-7,10-13,15H,2-5,8-9H2,1H3,(H,21,22)(H,23,24). The average Bonchev–Trinajstić information content (AvgIpc) is 2.84. The van der Waals surface area contributed by atoms with Gasteiger partial charge in [0, 0.05) is 11.7 Å². The molecule has 0 atom stereocenters. The van der Waals surface area contributed by atoms with Crippen LogP contribution in [-0.4, -0.2) is 21.9 Å². The van der Waals surface area contributed by atoms with Crippen molar-refractivity contribution in [2.45, 2.75) is 51.5 Å². The minimum absolute atomic E-state index is 0.242. The second-order valence-corrected chi connectivity index (χ2v) is 6.44. The molecule has 0 spiro atoms. The van der Waals surface area contributed by atoms with Crippen molar-refractivity contribution in [1.29, 1.82) is 0 Å². The number of hydrogen-bond donors (Lipinski definition) is 2. The Morgan fingerprint density at radius 3 is 2.54 bits per heavy atom. The second-order valence-electron chi connectivity index (χ2n) is 6.44. The van der Waals surface area contributed by atoms with Crippen LogP contribution in [0.2, 0.25) is 0 Å². The number of carbonyl (C=O) groups excluding carboxylic acids is 1. The van der Waals surface area contributed by atoms with Gasteiger partial charge in [0.1, 0.15) is 11.5 Å². The number of carbonyl (C=O) groups is 1. The Kier molecular flexibility index (Phi) is 5.41. The molecule has 0 saturated heterocycles. The summed E-state index contributed by atoms with van der Waals surface area (Å²) in [5.41, 5.74) is 2.19. The minimum atomic E-state index is -0.242. The predicted molar refractivity (Wildman–Crippen MR) is 96.3 cm³/mol. The summed E-state index contributed by atoms with van der Waals surface area (Å²) in [6, 6.07) is 8.15. The molecule has 0 aliphatic heterocycles. The van der Waals surface area contributed by atoms with Crippen LogP contribution in [0.3, 0.4) is 0 Å². The van der Waals surface area contributed by atoms with Gasteiger partial charge in [-0.3, -0.25) is 4.79 Å². The Morgan fingerprint density at radius 2 is 1.88 bits per heavy atom. The van der Waals surface area contributed by atoms with Crippen molar-refractivity contribution in [3.63, 3.8) is 0 Å². The Balaban J connectivity index is 1.60. The summed E-state index contributed by atoms with van der Waals surface area (Å²) in [6.45, 7) is 1.99. The maximum absolute atomic E-state index is 12.2. The van der Waals surface area contributed by atoms with Crippen molar-refractivity contribution >= 4 is 17.4 Å². The lowest BCUT2D eigenvalue weighted by molar-refractivity contribution is 0.102. The zero-order chi connectivity index (χ0) is 16.8. The molecular weight excluding hydrogens is 300 g/mol. The van der Waals surface area contributed by atoms with Crippen LogP contribution >= 0.6 is 0 Å². The van der Waals surface area contributed by atoms with Crippen molar-refractivity contribution in [2.75, 3.05) is 10.6 Å². The van der Waals surface area contributed by atoms with E-state index in [1.165, 1.54) is 44.7 Å². The Hall–Kier alpha value is -2.43. The third-order valence-electron chi connectivity index (χ3n) is 4.37. The summed E-state index contributed by atoms with van der Waals surface area (Å²) in [7, 11) is 0. The molecule has 3 rings (SSSR count). The van der Waals surface area contributed by atoms with Gasteiger partial charge in [0.25, 0.3) is 5.91 Å². The molecule has 1 amide bonds. The molecule has 24 heavy (non-hydrogen) atoms. The molecule has 1 aliphatic carbocycles. The van der Waals surface area contributed by atoms with Crippen molar-refractivity contribution < 1.29 is 4.79 Å². The minimum Gasteiger partial charge on any atom is -0.366 e. The van der Waals surface area contributed by atoms with Crippen LogP contribution in [0, 0.1) is 6.92 Å². The van der Waals surface area contributed by atoms with Crippen LogP contribution in [0.25, 0.3) is 0 Å². The molecule has 5 nitrogen and oxygen atoms in total. The fourth-order valence-corrected chi connectivity index (χ4v) is 3.07. The van der Waals surface area contributed by atoms with Gasteiger partial charge in [-0.05, 0) is 37.5 Å². The van der Waals surface area contributed by atoms with Gasteiger partial charge in [-0.2, -0.15) is 0 Å². The molecule has 0 bridgehead atoms. The normalized spacial score (nSPS) is 15.5. The van der Waals surface area contributed by atoms with E-state index in [2.05, 4.69) is 20.6 Å². The number of anilines is 2. The summed E-state index contributed by atoms with van der Waals surface area (Å²) in [6.07, 6.45) is 10.7. The zero-order valence-electron chi connectivity index (χ0n) is 14.1. The van der Waals surface area contributed by atoms with E-state index in [4.69, 9.17) is 0 Å². The van der Waals surface area contributed by atoms with Gasteiger partial charge < -0.3 is 10.6 Å². The highest BCUT2D eigenvalue weighted by Crippen LogP contribution is 2.20. The van der Waals surface area contributed by atoms with Gasteiger partial charge in [0.15, 0.2) is 0 Å². The summed E-state index contributed by atoms with van der Waals surface area (Å²) in [5.74, 6) is 0.503. The van der Waals surface area contributed by atoms with Gasteiger partial charge in [-0.15, -0.1) is 0 Å². The quantitative estimate of drug-likeness (QED) is 0.828. The highest BCUT2D eigenvalue weighted by atomic mass is 16.1. The molecule has 1 aromatic heterocycles. The van der Waals surface area contributed by atoms with E-state index < -0.39 is 0 Å². The fraction of sp³-hybridized carbons (Fsp3) is 0.421. The number of rotatable bonds is 4. The van der Waals surface area contributed by atoms with Crippen LogP contribution < -0.4 is 10.6 Å². The van der Waals surface area contributed by atoms with Crippen molar-refractivity contribution in [3.8, 4) is 0 Å². The average molecular weight is 324 g/mol. The van der Waals surface area contributed by atoms with Crippen molar-refractivity contribution in [1.82, 2.24) is 9.97 Å². The molecule has 2 N–H and O–H groups in total. The molecular formula is C19H24N4O. The smallest absolute Gasteiger partial charge is 0.275 e. The summed E-state index contributed by atoms with van der Waals surface area (Å²) >= 11 is 0. The topological polar surface area (TPSA) is 66.9 Å². The van der Waals surface area contributed by atoms with E-state index in [0.717, 1.165) is 17.1 Å². The maximum Gasteiger partial charge on any atom is 0.275 e. The molecule has 5 heteroatoms. The number of nitrogens with one attached hydrogen (secondary N) is 2. The van der Waals surface area contributed by atoms with Gasteiger partial charge in [-0.25, -0.2) is 9.97 Å². The van der Waals surface area contributed by atoms with Crippen molar-refractivity contribution in [3.05, 3.63) is 47.9 Å². The first-order valence-electron chi connectivity index (χ1n) is 8.67. The van der Waals surface area contributed by atoms with Crippen molar-refractivity contribution in [2.24, 2.45) is 0 Å². The van der Waals surface area contributed by atoms with E-state index in [9.17, 15) is 4.79 Å². The molecule has 0 unspecified atom stereocenters. The van der Waals surface area contributed by atoms with Gasteiger partial charge in [0.05, 0.1) is 12.4 Å². The fourth-order valence-electron chi connectivity index (χ4n) is 3.07. The summed E-state index contributed by atoms with van der Waals surface area (Å²) in [4.78, 5) is 20.8. The molecule has 1 heterocycles. The van der Waals surface area contributed by atoms with E-state index in [1.54, 1.807) is 6.20 Å². The number of aryl methyl sites for hydroxylation is 1. The molecule has 0 radical (unpaired) electrons. The van der Waals surface area contributed by atoms with Gasteiger partial charge in [-0.1, -0.05) is 37.8 Å². The first kappa shape index (κ1) is 16.4. The highest BCUT2D eigenvalue weighted by Gasteiger charge is 2.13. The van der Waals surface area contributed by atoms with E-state index >= 15 is 0 Å². The van der Waals surface area contributed by atoms with E-state index in [1.807, 2.05) is 31.2 Å². The number of benzene rings is 1. The van der Waals surface area contributed by atoms with Crippen LogP contribution in [0.15, 0.2) is 36.7 Å². The van der Waals surface area contributed by atoms with Crippen LogP contribution in [0.1, 0.15) is 54.6 Å². The van der Waals surface area contributed by atoms with Crippen LogP contribution in [0.4, 0.5) is 11.5 Å². The van der Waals surface area contributed by atoms with Gasteiger partial charge in [0.2, 0.25) is 0 Å². The molecule has 1 aliphatic rings. The number of hydrogen-bond acceptors (Lipinski definition) is 4. The third kappa shape index (κ3) is 4.54. The number of nitrogens with zero attached hydrogens (tertiary/aromatic N) is 2. The predicted octanol–water partition coefficient (Wildman–Crippen LogP) is 4.17. The monoisotopic (exact) mass is 324 g/mol. The lowest BCUT2D eigenvalue weighted by Crippen LogP contribution is -2.20. The third-order valence-corrected chi connectivity index (χ3v) is 4.37. The maximum atomic E-state index is 12.2. The zero-order valence-corrected chi connectivity index (χ0v) is 14.1. The molecule has 126 valence electrons. The molecule has 1 aromatic carbocycles. The first-order chi connectivity index (χ1) is 11.7. The Labute approximate surface area is 142 Å². The van der Waals surface area contributed by atoms with E-state index in [-0.39, 0.29) is 5.91 Å².